The molecule has 0 aliphatic rings. The van der Waals surface area contributed by atoms with Crippen LogP contribution in [0.3, 0.4) is 0 Å². The van der Waals surface area contributed by atoms with E-state index >= 15 is 0 Å². The first-order valence-corrected chi connectivity index (χ1v) is 15.5. The van der Waals surface area contributed by atoms with Crippen molar-refractivity contribution in [3.8, 4) is 11.1 Å². The Morgan fingerprint density at radius 2 is 1.33 bits per heavy atom. The molecule has 11 nitrogen and oxygen atoms in total. The minimum Gasteiger partial charge on any atom is -0.382 e. The number of nitrogens with zero attached hydrogens (tertiary/aromatic N) is 2. The van der Waals surface area contributed by atoms with E-state index in [9.17, 15) is 9.59 Å². The van der Waals surface area contributed by atoms with Gasteiger partial charge in [-0.2, -0.15) is 0 Å². The first kappa shape index (κ1) is 33.9. The molecule has 0 aliphatic heterocycles. The molecule has 0 unspecified atom stereocenters. The zero-order valence-corrected chi connectivity index (χ0v) is 26.3. The Kier molecular flexibility index (Phi) is 12.4. The van der Waals surface area contributed by atoms with Crippen LogP contribution >= 0.6 is 11.6 Å². The number of carbonyl (C=O) groups is 2. The summed E-state index contributed by atoms with van der Waals surface area (Å²) in [7, 11) is 0. The molecule has 1 atom stereocenters. The summed E-state index contributed by atoms with van der Waals surface area (Å²) in [5.41, 5.74) is 22.9. The van der Waals surface area contributed by atoms with Gasteiger partial charge in [0.1, 0.15) is 0 Å². The van der Waals surface area contributed by atoms with Crippen LogP contribution in [-0.2, 0) is 24.1 Å². The van der Waals surface area contributed by atoms with Crippen molar-refractivity contribution in [3.63, 3.8) is 0 Å². The minimum absolute atomic E-state index is 0.0687. The van der Waals surface area contributed by atoms with Gasteiger partial charge in [0.15, 0.2) is 28.4 Å². The Hall–Kier alpha value is -5.00. The molecule has 10 N–H and O–H groups in total. The van der Waals surface area contributed by atoms with E-state index in [0.717, 1.165) is 48.8 Å². The van der Waals surface area contributed by atoms with Crippen LogP contribution in [0.25, 0.3) is 11.1 Å². The molecule has 12 heteroatoms. The summed E-state index contributed by atoms with van der Waals surface area (Å²) in [5, 5.41) is 16.0. The number of unbranched alkanes of at least 4 members (excludes halogenated alkanes) is 1. The van der Waals surface area contributed by atoms with Crippen molar-refractivity contribution in [2.45, 2.75) is 44.6 Å². The van der Waals surface area contributed by atoms with Crippen LogP contribution in [0.15, 0.2) is 78.9 Å². The van der Waals surface area contributed by atoms with Crippen LogP contribution < -0.4 is 33.2 Å². The van der Waals surface area contributed by atoms with Crippen molar-refractivity contribution in [1.29, 1.82) is 5.41 Å². The van der Waals surface area contributed by atoms with Gasteiger partial charge in [-0.3, -0.25) is 20.3 Å². The third-order valence-corrected chi connectivity index (χ3v) is 7.65. The lowest BCUT2D eigenvalue weighted by Crippen LogP contribution is -2.42. The van der Waals surface area contributed by atoms with E-state index in [1.807, 2.05) is 30.3 Å². The quantitative estimate of drug-likeness (QED) is 0.0611. The van der Waals surface area contributed by atoms with Crippen molar-refractivity contribution in [1.82, 2.24) is 25.9 Å². The second kappa shape index (κ2) is 16.9. The molecule has 1 aromatic heterocycles. The Morgan fingerprint density at radius 1 is 0.739 bits per heavy atom. The van der Waals surface area contributed by atoms with Crippen molar-refractivity contribution in [3.05, 3.63) is 106 Å². The Labute approximate surface area is 273 Å². The summed E-state index contributed by atoms with van der Waals surface area (Å²) in [6.45, 7) is 1.10. The number of nitrogens with one attached hydrogen (secondary N) is 4. The molecule has 3 aromatic carbocycles. The van der Waals surface area contributed by atoms with Gasteiger partial charge < -0.3 is 27.8 Å². The maximum Gasteiger partial charge on any atom is 0.280 e. The van der Waals surface area contributed by atoms with Crippen molar-refractivity contribution >= 4 is 41.0 Å². The molecule has 4 aromatic rings. The molecule has 0 bridgehead atoms. The number of aromatic nitrogens is 2. The number of guanidine groups is 1. The van der Waals surface area contributed by atoms with Crippen LogP contribution in [0, 0.1) is 5.41 Å². The average molecular weight is 642 g/mol. The first-order valence-electron chi connectivity index (χ1n) is 15.2. The molecular weight excluding hydrogens is 602 g/mol. The predicted octanol–water partition coefficient (Wildman–Crippen LogP) is 3.86. The average Bonchev–Trinajstić information content (AvgIpc) is 3.05. The molecule has 240 valence electrons. The van der Waals surface area contributed by atoms with E-state index in [2.05, 4.69) is 74.4 Å². The number of rotatable bonds is 14. The van der Waals surface area contributed by atoms with Crippen molar-refractivity contribution in [2.24, 2.45) is 5.73 Å². The minimum atomic E-state index is -0.694. The molecule has 1 heterocycles. The van der Waals surface area contributed by atoms with Gasteiger partial charge in [0.25, 0.3) is 5.91 Å². The molecule has 0 fully saturated rings. The highest BCUT2D eigenvalue weighted by atomic mass is 35.5. The van der Waals surface area contributed by atoms with Crippen LogP contribution in [0.4, 0.5) is 11.6 Å². The van der Waals surface area contributed by atoms with Gasteiger partial charge >= 0.3 is 0 Å². The normalized spacial score (nSPS) is 11.4. The maximum atomic E-state index is 12.3. The van der Waals surface area contributed by atoms with E-state index < -0.39 is 11.9 Å². The number of benzene rings is 3. The molecule has 46 heavy (non-hydrogen) atoms. The highest BCUT2D eigenvalue weighted by Crippen LogP contribution is 2.22. The summed E-state index contributed by atoms with van der Waals surface area (Å²) in [4.78, 5) is 32.2. The number of hydrogen-bond donors (Lipinski definition) is 7. The summed E-state index contributed by atoms with van der Waals surface area (Å²) < 4.78 is 0. The number of carbonyl (C=O) groups excluding carboxylic acids is 2. The highest BCUT2D eigenvalue weighted by molar-refractivity contribution is 6.31. The largest absolute Gasteiger partial charge is 0.382 e. The maximum absolute atomic E-state index is 12.3. The molecule has 0 radical (unpaired) electrons. The van der Waals surface area contributed by atoms with E-state index in [1.165, 1.54) is 11.1 Å². The summed E-state index contributed by atoms with van der Waals surface area (Å²) in [6, 6.07) is 26.3. The number of nitrogen functional groups attached to an aromatic ring is 2. The topological polar surface area (TPSA) is 198 Å². The van der Waals surface area contributed by atoms with E-state index in [0.29, 0.717) is 19.5 Å². The number of amides is 2. The van der Waals surface area contributed by atoms with Crippen LogP contribution in [0.1, 0.15) is 46.4 Å². The SMILES string of the molecule is N=C(NCCCCc1ccc(-c2ccc(CCCNC(=O)[C@H](N)Cc3ccccc3)cc2)cc1)NC(=O)c1nc(Cl)c(N)nc1N. The molecule has 0 saturated heterocycles. The number of nitrogens with two attached hydrogens (primary N) is 3. The lowest BCUT2D eigenvalue weighted by molar-refractivity contribution is -0.122. The third kappa shape index (κ3) is 10.3. The molecule has 4 rings (SSSR count). The number of halogens is 1. The molecule has 2 amide bonds. The Balaban J connectivity index is 1.11. The zero-order chi connectivity index (χ0) is 32.9. The Bertz CT molecular complexity index is 1610. The standard InChI is InChI=1S/C34H40ClN9O2/c35-29-31(38)43-30(37)28(42-29)33(46)44-34(39)41-19-5-4-7-22-11-15-25(16-12-22)26-17-13-23(14-18-26)10-6-20-40-32(45)27(36)21-24-8-2-1-3-9-24/h1-3,8-9,11-18,27H,4-7,10,19-21,36H2,(H,40,45)(H4,37,38,43)(H3,39,41,44,46)/t27-/m1/s1. The lowest BCUT2D eigenvalue weighted by Gasteiger charge is -2.12. The van der Waals surface area contributed by atoms with Gasteiger partial charge in [0.2, 0.25) is 5.91 Å². The first-order chi connectivity index (χ1) is 22.2. The Morgan fingerprint density at radius 3 is 1.96 bits per heavy atom. The summed E-state index contributed by atoms with van der Waals surface area (Å²) >= 11 is 5.81. The third-order valence-electron chi connectivity index (χ3n) is 7.37. The van der Waals surface area contributed by atoms with Gasteiger partial charge in [0.05, 0.1) is 6.04 Å². The smallest absolute Gasteiger partial charge is 0.280 e. The molecule has 0 aliphatic carbocycles. The summed E-state index contributed by atoms with van der Waals surface area (Å²) in [6.07, 6.45) is 4.85. The van der Waals surface area contributed by atoms with Gasteiger partial charge in [-0.05, 0) is 66.3 Å². The number of aryl methyl sites for hydroxylation is 2. The highest BCUT2D eigenvalue weighted by Gasteiger charge is 2.17. The van der Waals surface area contributed by atoms with E-state index in [1.54, 1.807) is 0 Å². The fraction of sp³-hybridized carbons (Fsp3) is 0.265. The monoisotopic (exact) mass is 641 g/mol. The van der Waals surface area contributed by atoms with Gasteiger partial charge in [-0.15, -0.1) is 0 Å². The zero-order valence-electron chi connectivity index (χ0n) is 25.6. The van der Waals surface area contributed by atoms with Gasteiger partial charge in [-0.1, -0.05) is 90.5 Å². The molecule has 0 saturated carbocycles. The number of hydrogen-bond acceptors (Lipinski definition) is 8. The summed E-state index contributed by atoms with van der Waals surface area (Å²) in [5.74, 6) is -1.21. The van der Waals surface area contributed by atoms with Crippen molar-refractivity contribution < 1.29 is 9.59 Å². The molecular formula is C34H40ClN9O2. The second-order valence-electron chi connectivity index (χ2n) is 10.9. The van der Waals surface area contributed by atoms with Crippen LogP contribution in [0.5, 0.6) is 0 Å². The second-order valence-corrected chi connectivity index (χ2v) is 11.3. The van der Waals surface area contributed by atoms with Crippen LogP contribution in [0.2, 0.25) is 5.15 Å². The van der Waals surface area contributed by atoms with Crippen molar-refractivity contribution in [2.75, 3.05) is 24.6 Å². The number of anilines is 2. The van der Waals surface area contributed by atoms with Crippen LogP contribution in [-0.4, -0.2) is 46.9 Å². The van der Waals surface area contributed by atoms with E-state index in [4.69, 9.17) is 34.2 Å². The predicted molar refractivity (Wildman–Crippen MR) is 183 cm³/mol. The fourth-order valence-corrected chi connectivity index (χ4v) is 4.94. The van der Waals surface area contributed by atoms with Gasteiger partial charge in [-0.25, -0.2) is 9.97 Å². The fourth-order valence-electron chi connectivity index (χ4n) is 4.82. The lowest BCUT2D eigenvalue weighted by atomic mass is 9.99. The van der Waals surface area contributed by atoms with E-state index in [-0.39, 0.29) is 34.3 Å². The van der Waals surface area contributed by atoms with Gasteiger partial charge in [0, 0.05) is 13.1 Å². The molecule has 0 spiro atoms.